The van der Waals surface area contributed by atoms with Gasteiger partial charge in [0.2, 0.25) is 0 Å². The van der Waals surface area contributed by atoms with E-state index in [0.717, 1.165) is 39.8 Å². The van der Waals surface area contributed by atoms with E-state index in [4.69, 9.17) is 27.9 Å². The van der Waals surface area contributed by atoms with Gasteiger partial charge in [-0.05, 0) is 18.2 Å². The van der Waals surface area contributed by atoms with E-state index in [2.05, 4.69) is 21.2 Å². The van der Waals surface area contributed by atoms with Gasteiger partial charge in [0.1, 0.15) is 11.1 Å². The predicted octanol–water partition coefficient (Wildman–Crippen LogP) is 4.82. The number of H-pyrrole nitrogens is 1. The second-order valence-electron chi connectivity index (χ2n) is 5.79. The molecule has 0 spiro atoms. The Morgan fingerprint density at radius 3 is 2.69 bits per heavy atom. The van der Waals surface area contributed by atoms with Crippen LogP contribution in [0.2, 0.25) is 10.0 Å². The largest absolute Gasteiger partial charge is 0.378 e. The monoisotopic (exact) mass is 404 g/mol. The third-order valence-corrected chi connectivity index (χ3v) is 6.08. The highest BCUT2D eigenvalue weighted by Gasteiger charge is 2.27. The number of halogens is 2. The number of hydrogen-bond donors (Lipinski definition) is 1. The van der Waals surface area contributed by atoms with Crippen LogP contribution in [-0.2, 0) is 4.74 Å². The number of aromatic nitrogens is 2. The van der Waals surface area contributed by atoms with E-state index in [1.165, 1.54) is 0 Å². The number of nitrogens with one attached hydrogen (secondary N) is 1. The van der Waals surface area contributed by atoms with Crippen molar-refractivity contribution in [3.05, 3.63) is 46.1 Å². The molecular formula is C18H14Cl2N4OS. The average molecular weight is 405 g/mol. The van der Waals surface area contributed by atoms with Gasteiger partial charge >= 0.3 is 0 Å². The van der Waals surface area contributed by atoms with Crippen molar-refractivity contribution in [2.75, 3.05) is 31.2 Å². The highest BCUT2D eigenvalue weighted by Crippen LogP contribution is 2.48. The Kier molecular flexibility index (Phi) is 4.88. The molecule has 0 unspecified atom stereocenters. The minimum Gasteiger partial charge on any atom is -0.378 e. The maximum Gasteiger partial charge on any atom is 0.110 e. The van der Waals surface area contributed by atoms with Crippen LogP contribution in [0.15, 0.2) is 30.5 Å². The molecule has 1 fully saturated rings. The van der Waals surface area contributed by atoms with Crippen molar-refractivity contribution < 1.29 is 4.74 Å². The zero-order valence-electron chi connectivity index (χ0n) is 13.6. The summed E-state index contributed by atoms with van der Waals surface area (Å²) in [7, 11) is 0. The first-order valence-corrected chi connectivity index (χ1v) is 9.61. The molecule has 5 nitrogen and oxygen atoms in total. The van der Waals surface area contributed by atoms with Crippen molar-refractivity contribution in [3.8, 4) is 27.8 Å². The first kappa shape index (κ1) is 17.4. The van der Waals surface area contributed by atoms with Gasteiger partial charge in [-0.3, -0.25) is 5.10 Å². The summed E-state index contributed by atoms with van der Waals surface area (Å²) in [6.07, 6.45) is 1.70. The SMILES string of the molecule is N#Cc1c(N2CCOCC2)sc(-c2ccn[nH]2)c1-c1ccc(Cl)cc1Cl. The van der Waals surface area contributed by atoms with Gasteiger partial charge in [0.25, 0.3) is 0 Å². The molecule has 4 rings (SSSR count). The number of anilines is 1. The van der Waals surface area contributed by atoms with Crippen molar-refractivity contribution >= 4 is 39.5 Å². The molecule has 1 saturated heterocycles. The molecule has 1 aromatic carbocycles. The number of rotatable bonds is 3. The molecule has 0 saturated carbocycles. The second kappa shape index (κ2) is 7.29. The predicted molar refractivity (Wildman–Crippen MR) is 105 cm³/mol. The standard InChI is InChI=1S/C18H14Cl2N4OS/c19-11-1-2-12(14(20)9-11)16-13(10-21)18(24-5-7-25-8-6-24)26-17(16)15-3-4-22-23-15/h1-4,9H,5-8H2,(H,22,23). The van der Waals surface area contributed by atoms with Crippen LogP contribution in [0.3, 0.4) is 0 Å². The highest BCUT2D eigenvalue weighted by molar-refractivity contribution is 7.20. The van der Waals surface area contributed by atoms with Gasteiger partial charge in [-0.15, -0.1) is 11.3 Å². The van der Waals surface area contributed by atoms with Crippen LogP contribution in [0.4, 0.5) is 5.00 Å². The number of benzene rings is 1. The Morgan fingerprint density at radius 2 is 2.04 bits per heavy atom. The summed E-state index contributed by atoms with van der Waals surface area (Å²) < 4.78 is 5.45. The zero-order valence-corrected chi connectivity index (χ0v) is 16.0. The molecule has 0 atom stereocenters. The molecule has 0 aliphatic carbocycles. The van der Waals surface area contributed by atoms with Crippen LogP contribution < -0.4 is 4.90 Å². The summed E-state index contributed by atoms with van der Waals surface area (Å²) >= 11 is 14.1. The fourth-order valence-electron chi connectivity index (χ4n) is 3.03. The highest BCUT2D eigenvalue weighted by atomic mass is 35.5. The Balaban J connectivity index is 1.95. The molecule has 0 amide bonds. The molecule has 0 bridgehead atoms. The van der Waals surface area contributed by atoms with Crippen molar-refractivity contribution in [3.63, 3.8) is 0 Å². The van der Waals surface area contributed by atoms with Gasteiger partial charge in [-0.25, -0.2) is 0 Å². The van der Waals surface area contributed by atoms with E-state index in [-0.39, 0.29) is 0 Å². The lowest BCUT2D eigenvalue weighted by Crippen LogP contribution is -2.36. The molecule has 1 aliphatic rings. The Labute approximate surface area is 164 Å². The number of hydrogen-bond acceptors (Lipinski definition) is 5. The third kappa shape index (κ3) is 3.08. The molecule has 2 aromatic heterocycles. The molecular weight excluding hydrogens is 391 g/mol. The quantitative estimate of drug-likeness (QED) is 0.679. The fraction of sp³-hybridized carbons (Fsp3) is 0.222. The molecule has 1 aliphatic heterocycles. The lowest BCUT2D eigenvalue weighted by molar-refractivity contribution is 0.123. The van der Waals surface area contributed by atoms with E-state index >= 15 is 0 Å². The van der Waals surface area contributed by atoms with E-state index in [1.54, 1.807) is 29.7 Å². The summed E-state index contributed by atoms with van der Waals surface area (Å²) in [4.78, 5) is 3.13. The lowest BCUT2D eigenvalue weighted by Gasteiger charge is -2.27. The van der Waals surface area contributed by atoms with E-state index in [0.29, 0.717) is 28.8 Å². The van der Waals surface area contributed by atoms with Crippen LogP contribution >= 0.6 is 34.5 Å². The van der Waals surface area contributed by atoms with Crippen LogP contribution in [0.1, 0.15) is 5.56 Å². The van der Waals surface area contributed by atoms with Gasteiger partial charge in [0.15, 0.2) is 0 Å². The number of morpholine rings is 1. The maximum absolute atomic E-state index is 9.95. The molecule has 8 heteroatoms. The molecule has 132 valence electrons. The molecule has 0 radical (unpaired) electrons. The molecule has 3 aromatic rings. The summed E-state index contributed by atoms with van der Waals surface area (Å²) in [5, 5.41) is 19.0. The number of ether oxygens (including phenoxy) is 1. The summed E-state index contributed by atoms with van der Waals surface area (Å²) in [6, 6.07) is 9.62. The van der Waals surface area contributed by atoms with Gasteiger partial charge in [0, 0.05) is 40.5 Å². The van der Waals surface area contributed by atoms with Crippen molar-refractivity contribution in [2.45, 2.75) is 0 Å². The van der Waals surface area contributed by atoms with Crippen LogP contribution in [0.5, 0.6) is 0 Å². The molecule has 3 heterocycles. The summed E-state index contributed by atoms with van der Waals surface area (Å²) in [6.45, 7) is 2.81. The number of nitrogens with zero attached hydrogens (tertiary/aromatic N) is 3. The zero-order chi connectivity index (χ0) is 18.1. The van der Waals surface area contributed by atoms with Crippen molar-refractivity contribution in [2.24, 2.45) is 0 Å². The van der Waals surface area contributed by atoms with Gasteiger partial charge < -0.3 is 9.64 Å². The maximum atomic E-state index is 9.95. The summed E-state index contributed by atoms with van der Waals surface area (Å²) in [5.74, 6) is 0. The number of aromatic amines is 1. The number of thiophene rings is 1. The van der Waals surface area contributed by atoms with Crippen LogP contribution in [0, 0.1) is 11.3 Å². The van der Waals surface area contributed by atoms with E-state index in [1.807, 2.05) is 12.1 Å². The Bertz CT molecular complexity index is 972. The van der Waals surface area contributed by atoms with Crippen LogP contribution in [-0.4, -0.2) is 36.5 Å². The molecule has 1 N–H and O–H groups in total. The third-order valence-electron chi connectivity index (χ3n) is 4.25. The molecule has 26 heavy (non-hydrogen) atoms. The van der Waals surface area contributed by atoms with Crippen molar-refractivity contribution in [1.82, 2.24) is 10.2 Å². The first-order chi connectivity index (χ1) is 12.7. The Hall–Kier alpha value is -2.04. The van der Waals surface area contributed by atoms with E-state index < -0.39 is 0 Å². The van der Waals surface area contributed by atoms with E-state index in [9.17, 15) is 5.26 Å². The smallest absolute Gasteiger partial charge is 0.110 e. The lowest BCUT2D eigenvalue weighted by atomic mass is 10.00. The van der Waals surface area contributed by atoms with Gasteiger partial charge in [-0.2, -0.15) is 10.4 Å². The summed E-state index contributed by atoms with van der Waals surface area (Å²) in [5.41, 5.74) is 3.07. The first-order valence-electron chi connectivity index (χ1n) is 8.04. The minimum atomic E-state index is 0.515. The second-order valence-corrected chi connectivity index (χ2v) is 7.63. The Morgan fingerprint density at radius 1 is 1.23 bits per heavy atom. The number of nitriles is 1. The minimum absolute atomic E-state index is 0.515. The van der Waals surface area contributed by atoms with Crippen molar-refractivity contribution in [1.29, 1.82) is 5.26 Å². The average Bonchev–Trinajstić information content (AvgIpc) is 3.30. The normalized spacial score (nSPS) is 14.4. The topological polar surface area (TPSA) is 64.9 Å². The van der Waals surface area contributed by atoms with Gasteiger partial charge in [0.05, 0.1) is 29.3 Å². The van der Waals surface area contributed by atoms with Gasteiger partial charge in [-0.1, -0.05) is 29.3 Å². The van der Waals surface area contributed by atoms with Crippen LogP contribution in [0.25, 0.3) is 21.7 Å². The fourth-order valence-corrected chi connectivity index (χ4v) is 4.83.